The average Bonchev–Trinajstić information content (AvgIpc) is 3.35. The van der Waals surface area contributed by atoms with Crippen molar-refractivity contribution in [2.75, 3.05) is 38.2 Å². The predicted molar refractivity (Wildman–Crippen MR) is 142 cm³/mol. The van der Waals surface area contributed by atoms with Gasteiger partial charge >= 0.3 is 0 Å². The van der Waals surface area contributed by atoms with Crippen molar-refractivity contribution in [3.05, 3.63) is 102 Å². The van der Waals surface area contributed by atoms with Crippen molar-refractivity contribution in [3.63, 3.8) is 0 Å². The summed E-state index contributed by atoms with van der Waals surface area (Å²) < 4.78 is 7.50. The Morgan fingerprint density at radius 3 is 2.44 bits per heavy atom. The number of rotatable bonds is 7. The minimum absolute atomic E-state index is 0.00235. The Kier molecular flexibility index (Phi) is 7.07. The van der Waals surface area contributed by atoms with E-state index in [1.165, 1.54) is 0 Å². The summed E-state index contributed by atoms with van der Waals surface area (Å²) in [4.78, 5) is 21.5. The summed E-state index contributed by atoms with van der Waals surface area (Å²) in [5.74, 6) is 1.69. The first-order valence-electron chi connectivity index (χ1n) is 12.1. The van der Waals surface area contributed by atoms with Gasteiger partial charge in [-0.25, -0.2) is 4.98 Å². The second-order valence-electron chi connectivity index (χ2n) is 8.65. The van der Waals surface area contributed by atoms with Crippen molar-refractivity contribution >= 4 is 17.8 Å². The molecular weight excluding hydrogens is 450 g/mol. The van der Waals surface area contributed by atoms with E-state index < -0.39 is 0 Å². The Morgan fingerprint density at radius 1 is 0.944 bits per heavy atom. The summed E-state index contributed by atoms with van der Waals surface area (Å²) in [5, 5.41) is 4.87. The summed E-state index contributed by atoms with van der Waals surface area (Å²) in [6.45, 7) is 3.48. The molecule has 1 aliphatic heterocycles. The summed E-state index contributed by atoms with van der Waals surface area (Å²) >= 11 is 0. The molecule has 0 bridgehead atoms. The smallest absolute Gasteiger partial charge is 0.246 e. The molecule has 0 saturated carbocycles. The monoisotopic (exact) mass is 479 g/mol. The molecule has 2 aromatic carbocycles. The van der Waals surface area contributed by atoms with Gasteiger partial charge in [0, 0.05) is 55.8 Å². The Morgan fingerprint density at radius 2 is 1.69 bits per heavy atom. The maximum Gasteiger partial charge on any atom is 0.246 e. The van der Waals surface area contributed by atoms with Gasteiger partial charge in [0.15, 0.2) is 0 Å². The van der Waals surface area contributed by atoms with Crippen LogP contribution in [0.1, 0.15) is 11.1 Å². The number of pyridine rings is 1. The zero-order chi connectivity index (χ0) is 24.7. The lowest BCUT2D eigenvalue weighted by Gasteiger charge is -2.34. The number of anilines is 1. The lowest BCUT2D eigenvalue weighted by atomic mass is 10.1. The minimum atomic E-state index is -0.00235. The first-order chi connectivity index (χ1) is 17.7. The third-order valence-electron chi connectivity index (χ3n) is 6.31. The van der Waals surface area contributed by atoms with Gasteiger partial charge in [0.2, 0.25) is 5.91 Å². The fourth-order valence-corrected chi connectivity index (χ4v) is 4.42. The molecule has 0 spiro atoms. The van der Waals surface area contributed by atoms with Gasteiger partial charge in [0.05, 0.1) is 13.7 Å². The average molecular weight is 480 g/mol. The molecule has 182 valence electrons. The lowest BCUT2D eigenvalue weighted by Crippen LogP contribution is -2.48. The molecule has 0 N–H and O–H groups in total. The highest BCUT2D eigenvalue weighted by Crippen LogP contribution is 2.32. The fraction of sp³-hybridized carbons (Fsp3) is 0.207. The van der Waals surface area contributed by atoms with Gasteiger partial charge in [-0.1, -0.05) is 48.5 Å². The number of ether oxygens (including phenoxy) is 1. The second-order valence-corrected chi connectivity index (χ2v) is 8.65. The number of hydrogen-bond acceptors (Lipinski definition) is 5. The Bertz CT molecular complexity index is 1330. The highest BCUT2D eigenvalue weighted by atomic mass is 16.5. The number of piperazine rings is 1. The van der Waals surface area contributed by atoms with E-state index in [2.05, 4.69) is 22.0 Å². The normalized spacial score (nSPS) is 13.8. The van der Waals surface area contributed by atoms with Gasteiger partial charge in [-0.05, 0) is 35.9 Å². The first-order valence-corrected chi connectivity index (χ1v) is 12.1. The maximum atomic E-state index is 13.0. The van der Waals surface area contributed by atoms with Gasteiger partial charge in [0.25, 0.3) is 0 Å². The van der Waals surface area contributed by atoms with Crippen molar-refractivity contribution in [2.45, 2.75) is 6.54 Å². The maximum absolute atomic E-state index is 13.0. The summed E-state index contributed by atoms with van der Waals surface area (Å²) in [6.07, 6.45) is 7.30. The molecule has 0 aliphatic carbocycles. The van der Waals surface area contributed by atoms with Crippen LogP contribution >= 0.6 is 0 Å². The highest BCUT2D eigenvalue weighted by molar-refractivity contribution is 5.93. The van der Waals surface area contributed by atoms with Crippen LogP contribution in [0.25, 0.3) is 17.3 Å². The number of amides is 1. The molecule has 0 unspecified atom stereocenters. The lowest BCUT2D eigenvalue weighted by molar-refractivity contribution is -0.126. The van der Waals surface area contributed by atoms with Gasteiger partial charge in [-0.3, -0.25) is 9.48 Å². The summed E-state index contributed by atoms with van der Waals surface area (Å²) in [6, 6.07) is 23.9. The van der Waals surface area contributed by atoms with E-state index in [0.29, 0.717) is 19.6 Å². The molecule has 1 amide bonds. The van der Waals surface area contributed by atoms with Crippen LogP contribution < -0.4 is 9.64 Å². The first kappa shape index (κ1) is 23.4. The molecule has 0 atom stereocenters. The molecule has 0 radical (unpaired) electrons. The highest BCUT2D eigenvalue weighted by Gasteiger charge is 2.21. The van der Waals surface area contributed by atoms with Crippen molar-refractivity contribution in [1.82, 2.24) is 19.7 Å². The van der Waals surface area contributed by atoms with Gasteiger partial charge in [-0.15, -0.1) is 0 Å². The molecule has 5 rings (SSSR count). The number of methoxy groups -OCH3 is 1. The van der Waals surface area contributed by atoms with Crippen LogP contribution in [0.2, 0.25) is 0 Å². The van der Waals surface area contributed by atoms with E-state index in [-0.39, 0.29) is 5.91 Å². The van der Waals surface area contributed by atoms with E-state index in [1.807, 2.05) is 82.5 Å². The quantitative estimate of drug-likeness (QED) is 0.369. The Hall–Kier alpha value is -4.39. The van der Waals surface area contributed by atoms with Crippen LogP contribution in [0, 0.1) is 0 Å². The molecule has 7 nitrogen and oxygen atoms in total. The van der Waals surface area contributed by atoms with Crippen molar-refractivity contribution in [2.24, 2.45) is 0 Å². The van der Waals surface area contributed by atoms with Crippen LogP contribution in [0.4, 0.5) is 5.82 Å². The van der Waals surface area contributed by atoms with Gasteiger partial charge in [0.1, 0.15) is 17.3 Å². The van der Waals surface area contributed by atoms with Crippen LogP contribution in [-0.2, 0) is 11.3 Å². The third kappa shape index (κ3) is 5.30. The standard InChI is InChI=1S/C29H29N5O2/c1-36-26-12-6-5-11-25(26)29-24(22-34(31-29)21-23-9-3-2-4-10-23)14-15-28(35)33-19-17-32(18-20-33)27-13-7-8-16-30-27/h2-16,22H,17-21H2,1H3. The molecule has 1 fully saturated rings. The molecule has 7 heteroatoms. The predicted octanol–water partition coefficient (Wildman–Crippen LogP) is 4.36. The number of carbonyl (C=O) groups excluding carboxylic acids is 1. The molecule has 1 aliphatic rings. The van der Waals surface area contributed by atoms with E-state index in [0.717, 1.165) is 47.0 Å². The Balaban J connectivity index is 1.35. The molecule has 4 aromatic rings. The van der Waals surface area contributed by atoms with Crippen LogP contribution in [0.3, 0.4) is 0 Å². The molecule has 36 heavy (non-hydrogen) atoms. The van der Waals surface area contributed by atoms with E-state index in [9.17, 15) is 4.79 Å². The van der Waals surface area contributed by atoms with Gasteiger partial charge < -0.3 is 14.5 Å². The zero-order valence-corrected chi connectivity index (χ0v) is 20.3. The molecule has 3 heterocycles. The van der Waals surface area contributed by atoms with E-state index in [4.69, 9.17) is 9.84 Å². The van der Waals surface area contributed by atoms with Crippen molar-refractivity contribution < 1.29 is 9.53 Å². The molecular formula is C29H29N5O2. The number of benzene rings is 2. The van der Waals surface area contributed by atoms with Crippen LogP contribution in [0.15, 0.2) is 91.3 Å². The number of para-hydroxylation sites is 1. The number of nitrogens with zero attached hydrogens (tertiary/aromatic N) is 5. The van der Waals surface area contributed by atoms with Crippen molar-refractivity contribution in [1.29, 1.82) is 0 Å². The summed E-state index contributed by atoms with van der Waals surface area (Å²) in [5.41, 5.74) is 3.70. The SMILES string of the molecule is COc1ccccc1-c1nn(Cc2ccccc2)cc1C=CC(=O)N1CCN(c2ccccn2)CC1. The van der Waals surface area contributed by atoms with Crippen molar-refractivity contribution in [3.8, 4) is 17.0 Å². The fourth-order valence-electron chi connectivity index (χ4n) is 4.42. The van der Waals surface area contributed by atoms with E-state index in [1.54, 1.807) is 19.4 Å². The topological polar surface area (TPSA) is 63.5 Å². The number of aromatic nitrogens is 3. The summed E-state index contributed by atoms with van der Waals surface area (Å²) in [7, 11) is 1.66. The van der Waals surface area contributed by atoms with Crippen LogP contribution in [-0.4, -0.2) is 58.9 Å². The molecule has 2 aromatic heterocycles. The zero-order valence-electron chi connectivity index (χ0n) is 20.3. The molecule has 1 saturated heterocycles. The largest absolute Gasteiger partial charge is 0.496 e. The minimum Gasteiger partial charge on any atom is -0.496 e. The van der Waals surface area contributed by atoms with Gasteiger partial charge in [-0.2, -0.15) is 5.10 Å². The van der Waals surface area contributed by atoms with Crippen LogP contribution in [0.5, 0.6) is 5.75 Å². The number of hydrogen-bond donors (Lipinski definition) is 0. The third-order valence-corrected chi connectivity index (χ3v) is 6.31. The second kappa shape index (κ2) is 10.9. The number of carbonyl (C=O) groups is 1. The van der Waals surface area contributed by atoms with E-state index >= 15 is 0 Å². The Labute approximate surface area is 211 Å².